The summed E-state index contributed by atoms with van der Waals surface area (Å²) < 4.78 is 5.73. The van der Waals surface area contributed by atoms with Crippen molar-refractivity contribution >= 4 is 11.0 Å². The number of H-pyrrole nitrogens is 1. The molecule has 0 radical (unpaired) electrons. The first-order chi connectivity index (χ1) is 10.8. The lowest BCUT2D eigenvalue weighted by Crippen LogP contribution is -1.90. The number of hydrogen-bond donors (Lipinski definition) is 1. The van der Waals surface area contributed by atoms with Gasteiger partial charge in [0, 0.05) is 5.56 Å². The molecule has 0 aliphatic carbocycles. The molecule has 1 N–H and O–H groups in total. The molecule has 22 heavy (non-hydrogen) atoms. The molecular formula is C17H14N4O. The van der Waals surface area contributed by atoms with Crippen LogP contribution in [0.4, 0.5) is 0 Å². The van der Waals surface area contributed by atoms with Crippen molar-refractivity contribution in [3.8, 4) is 11.5 Å². The topological polar surface area (TPSA) is 67.6 Å². The van der Waals surface area contributed by atoms with E-state index in [9.17, 15) is 0 Å². The molecule has 4 aromatic rings. The van der Waals surface area contributed by atoms with E-state index in [1.165, 1.54) is 5.56 Å². The van der Waals surface area contributed by atoms with E-state index in [-0.39, 0.29) is 0 Å². The number of aromatic amines is 1. The summed E-state index contributed by atoms with van der Waals surface area (Å²) in [5.41, 5.74) is 4.08. The molecule has 0 unspecified atom stereocenters. The highest BCUT2D eigenvalue weighted by atomic mass is 16.4. The van der Waals surface area contributed by atoms with Gasteiger partial charge in [0.2, 0.25) is 11.8 Å². The van der Waals surface area contributed by atoms with Crippen LogP contribution in [0.2, 0.25) is 0 Å². The Morgan fingerprint density at radius 2 is 1.82 bits per heavy atom. The Kier molecular flexibility index (Phi) is 2.96. The van der Waals surface area contributed by atoms with E-state index >= 15 is 0 Å². The van der Waals surface area contributed by atoms with Crippen LogP contribution in [-0.2, 0) is 6.42 Å². The van der Waals surface area contributed by atoms with Crippen molar-refractivity contribution in [1.29, 1.82) is 0 Å². The first-order valence-corrected chi connectivity index (χ1v) is 7.11. The highest BCUT2D eigenvalue weighted by molar-refractivity contribution is 5.74. The maximum Gasteiger partial charge on any atom is 0.247 e. The summed E-state index contributed by atoms with van der Waals surface area (Å²) in [6, 6.07) is 15.9. The molecule has 108 valence electrons. The smallest absolute Gasteiger partial charge is 0.247 e. The molecule has 5 heteroatoms. The van der Waals surface area contributed by atoms with Gasteiger partial charge in [0.1, 0.15) is 5.82 Å². The van der Waals surface area contributed by atoms with Crippen molar-refractivity contribution in [3.05, 3.63) is 65.8 Å². The van der Waals surface area contributed by atoms with Gasteiger partial charge in [-0.15, -0.1) is 10.2 Å². The van der Waals surface area contributed by atoms with Crippen molar-refractivity contribution in [2.45, 2.75) is 13.3 Å². The summed E-state index contributed by atoms with van der Waals surface area (Å²) >= 11 is 0. The van der Waals surface area contributed by atoms with Crippen LogP contribution in [-0.4, -0.2) is 20.2 Å². The van der Waals surface area contributed by atoms with Crippen molar-refractivity contribution < 1.29 is 4.42 Å². The number of para-hydroxylation sites is 2. The zero-order valence-corrected chi connectivity index (χ0v) is 12.1. The lowest BCUT2D eigenvalue weighted by molar-refractivity contribution is 0.515. The zero-order valence-electron chi connectivity index (χ0n) is 12.1. The maximum absolute atomic E-state index is 5.73. The summed E-state index contributed by atoms with van der Waals surface area (Å²) in [7, 11) is 0. The first kappa shape index (κ1) is 12.8. The van der Waals surface area contributed by atoms with Crippen molar-refractivity contribution in [1.82, 2.24) is 20.2 Å². The number of aryl methyl sites for hydroxylation is 1. The molecule has 0 spiro atoms. The summed E-state index contributed by atoms with van der Waals surface area (Å²) in [4.78, 5) is 7.78. The van der Waals surface area contributed by atoms with Crippen molar-refractivity contribution in [2.75, 3.05) is 0 Å². The molecule has 2 aromatic heterocycles. The quantitative estimate of drug-likeness (QED) is 0.627. The average molecular weight is 290 g/mol. The van der Waals surface area contributed by atoms with Crippen LogP contribution in [0.3, 0.4) is 0 Å². The fraction of sp³-hybridized carbons (Fsp3) is 0.118. The molecule has 0 aliphatic rings. The largest absolute Gasteiger partial charge is 0.420 e. The highest BCUT2D eigenvalue weighted by Crippen LogP contribution is 2.19. The van der Waals surface area contributed by atoms with E-state index in [1.54, 1.807) is 0 Å². The minimum absolute atomic E-state index is 0.494. The van der Waals surface area contributed by atoms with Gasteiger partial charge in [-0.2, -0.15) is 0 Å². The fourth-order valence-corrected chi connectivity index (χ4v) is 2.37. The Balaban J connectivity index is 1.60. The Morgan fingerprint density at radius 1 is 1.00 bits per heavy atom. The van der Waals surface area contributed by atoms with Crippen LogP contribution >= 0.6 is 0 Å². The summed E-state index contributed by atoms with van der Waals surface area (Å²) in [5.74, 6) is 1.90. The lowest BCUT2D eigenvalue weighted by Gasteiger charge is -1.95. The number of aromatic nitrogens is 4. The average Bonchev–Trinajstić information content (AvgIpc) is 3.14. The van der Waals surface area contributed by atoms with E-state index in [0.29, 0.717) is 18.2 Å². The molecule has 0 saturated carbocycles. The number of benzene rings is 2. The van der Waals surface area contributed by atoms with Crippen LogP contribution in [0.5, 0.6) is 0 Å². The van der Waals surface area contributed by atoms with Gasteiger partial charge in [-0.25, -0.2) is 4.98 Å². The number of imidazole rings is 1. The predicted molar refractivity (Wildman–Crippen MR) is 83.4 cm³/mol. The van der Waals surface area contributed by atoms with Gasteiger partial charge in [-0.3, -0.25) is 0 Å². The SMILES string of the molecule is Cc1ccc(-c2nnc(Cc3nc4ccccc4[nH]3)o2)cc1. The van der Waals surface area contributed by atoms with E-state index < -0.39 is 0 Å². The molecule has 5 nitrogen and oxygen atoms in total. The van der Waals surface area contributed by atoms with Gasteiger partial charge in [-0.05, 0) is 31.2 Å². The molecule has 0 bridgehead atoms. The van der Waals surface area contributed by atoms with E-state index in [4.69, 9.17) is 4.42 Å². The zero-order chi connectivity index (χ0) is 14.9. The van der Waals surface area contributed by atoms with Crippen LogP contribution < -0.4 is 0 Å². The van der Waals surface area contributed by atoms with Gasteiger partial charge in [0.25, 0.3) is 0 Å². The minimum atomic E-state index is 0.494. The van der Waals surface area contributed by atoms with Crippen LogP contribution in [0.1, 0.15) is 17.3 Å². The molecule has 0 amide bonds. The van der Waals surface area contributed by atoms with Crippen LogP contribution in [0, 0.1) is 6.92 Å². The third-order valence-electron chi connectivity index (χ3n) is 3.52. The summed E-state index contributed by atoms with van der Waals surface area (Å²) in [6.07, 6.45) is 0.494. The number of rotatable bonds is 3. The molecule has 0 fully saturated rings. The van der Waals surface area contributed by atoms with Crippen LogP contribution in [0.15, 0.2) is 52.9 Å². The third-order valence-corrected chi connectivity index (χ3v) is 3.52. The normalized spacial score (nSPS) is 11.1. The number of nitrogens with zero attached hydrogens (tertiary/aromatic N) is 3. The van der Waals surface area contributed by atoms with Crippen molar-refractivity contribution in [2.24, 2.45) is 0 Å². The molecule has 0 saturated heterocycles. The van der Waals surface area contributed by atoms with E-state index in [0.717, 1.165) is 22.4 Å². The van der Waals surface area contributed by atoms with Gasteiger partial charge >= 0.3 is 0 Å². The third kappa shape index (κ3) is 2.37. The van der Waals surface area contributed by atoms with Gasteiger partial charge in [0.05, 0.1) is 17.5 Å². The molecular weight excluding hydrogens is 276 g/mol. The summed E-state index contributed by atoms with van der Waals surface area (Å²) in [5, 5.41) is 8.21. The second-order valence-electron chi connectivity index (χ2n) is 5.24. The second-order valence-corrected chi connectivity index (χ2v) is 5.24. The van der Waals surface area contributed by atoms with E-state index in [2.05, 4.69) is 20.2 Å². The number of nitrogens with one attached hydrogen (secondary N) is 1. The molecule has 0 aliphatic heterocycles. The molecule has 2 heterocycles. The van der Waals surface area contributed by atoms with Gasteiger partial charge < -0.3 is 9.40 Å². The number of fused-ring (bicyclic) bond motifs is 1. The van der Waals surface area contributed by atoms with Crippen molar-refractivity contribution in [3.63, 3.8) is 0 Å². The molecule has 4 rings (SSSR count). The Bertz CT molecular complexity index is 888. The van der Waals surface area contributed by atoms with Gasteiger partial charge in [-0.1, -0.05) is 29.8 Å². The highest BCUT2D eigenvalue weighted by Gasteiger charge is 2.11. The van der Waals surface area contributed by atoms with Gasteiger partial charge in [0.15, 0.2) is 0 Å². The summed E-state index contributed by atoms with van der Waals surface area (Å²) in [6.45, 7) is 2.05. The Labute approximate surface area is 127 Å². The standard InChI is InChI=1S/C17H14N4O/c1-11-6-8-12(9-7-11)17-21-20-16(22-17)10-15-18-13-4-2-3-5-14(13)19-15/h2-9H,10H2,1H3,(H,18,19). The predicted octanol–water partition coefficient (Wildman–Crippen LogP) is 3.51. The van der Waals surface area contributed by atoms with E-state index in [1.807, 2.05) is 55.5 Å². The fourth-order valence-electron chi connectivity index (χ4n) is 2.37. The monoisotopic (exact) mass is 290 g/mol. The Morgan fingerprint density at radius 3 is 2.64 bits per heavy atom. The molecule has 2 aromatic carbocycles. The Hall–Kier alpha value is -2.95. The lowest BCUT2D eigenvalue weighted by atomic mass is 10.1. The van der Waals surface area contributed by atoms with Crippen LogP contribution in [0.25, 0.3) is 22.5 Å². The first-order valence-electron chi connectivity index (χ1n) is 7.11. The maximum atomic E-state index is 5.73. The number of hydrogen-bond acceptors (Lipinski definition) is 4. The molecule has 0 atom stereocenters. The minimum Gasteiger partial charge on any atom is -0.420 e. The second kappa shape index (κ2) is 5.11.